The SMILES string of the molecule is CCN(CC)c1ccc(NC(=O)c2c(C)nc3ccc(Cl)cn23)c(C)c1. The molecule has 0 spiro atoms. The topological polar surface area (TPSA) is 49.6 Å². The molecule has 0 saturated heterocycles. The number of pyridine rings is 1. The largest absolute Gasteiger partial charge is 0.372 e. The second kappa shape index (κ2) is 7.38. The Kier molecular flexibility index (Phi) is 5.18. The predicted molar refractivity (Wildman–Crippen MR) is 108 cm³/mol. The van der Waals surface area contributed by atoms with E-state index in [9.17, 15) is 4.79 Å². The van der Waals surface area contributed by atoms with Gasteiger partial charge in [0, 0.05) is 30.7 Å². The lowest BCUT2D eigenvalue weighted by Gasteiger charge is -2.22. The summed E-state index contributed by atoms with van der Waals surface area (Å²) in [6.07, 6.45) is 1.71. The van der Waals surface area contributed by atoms with Gasteiger partial charge in [-0.2, -0.15) is 0 Å². The lowest BCUT2D eigenvalue weighted by molar-refractivity contribution is 0.102. The van der Waals surface area contributed by atoms with Gasteiger partial charge in [0.05, 0.1) is 10.7 Å². The summed E-state index contributed by atoms with van der Waals surface area (Å²) in [4.78, 5) is 19.6. The molecule has 0 fully saturated rings. The molecule has 0 atom stereocenters. The van der Waals surface area contributed by atoms with E-state index < -0.39 is 0 Å². The van der Waals surface area contributed by atoms with E-state index in [1.54, 1.807) is 22.7 Å². The zero-order valence-corrected chi connectivity index (χ0v) is 16.3. The van der Waals surface area contributed by atoms with Crippen LogP contribution in [0.1, 0.15) is 35.6 Å². The maximum absolute atomic E-state index is 12.9. The monoisotopic (exact) mass is 370 g/mol. The molecular formula is C20H23ClN4O. The van der Waals surface area contributed by atoms with Crippen LogP contribution in [-0.4, -0.2) is 28.4 Å². The Morgan fingerprint density at radius 2 is 1.92 bits per heavy atom. The molecule has 0 radical (unpaired) electrons. The second-order valence-electron chi connectivity index (χ2n) is 6.25. The minimum absolute atomic E-state index is 0.198. The minimum Gasteiger partial charge on any atom is -0.372 e. The van der Waals surface area contributed by atoms with Crippen LogP contribution in [-0.2, 0) is 0 Å². The van der Waals surface area contributed by atoms with Gasteiger partial charge in [-0.25, -0.2) is 4.98 Å². The first kappa shape index (κ1) is 18.3. The molecule has 26 heavy (non-hydrogen) atoms. The van der Waals surface area contributed by atoms with Gasteiger partial charge < -0.3 is 10.2 Å². The van der Waals surface area contributed by atoms with Crippen molar-refractivity contribution < 1.29 is 4.79 Å². The Hall–Kier alpha value is -2.53. The average Bonchev–Trinajstić information content (AvgIpc) is 2.93. The molecule has 1 amide bonds. The summed E-state index contributed by atoms with van der Waals surface area (Å²) < 4.78 is 1.73. The lowest BCUT2D eigenvalue weighted by Crippen LogP contribution is -2.22. The number of benzene rings is 1. The summed E-state index contributed by atoms with van der Waals surface area (Å²) in [6, 6.07) is 9.65. The van der Waals surface area contributed by atoms with Crippen molar-refractivity contribution in [3.63, 3.8) is 0 Å². The van der Waals surface area contributed by atoms with Crippen molar-refractivity contribution in [1.82, 2.24) is 9.38 Å². The van der Waals surface area contributed by atoms with Gasteiger partial charge in [-0.05, 0) is 63.6 Å². The fourth-order valence-corrected chi connectivity index (χ4v) is 3.33. The predicted octanol–water partition coefficient (Wildman–Crippen LogP) is 4.70. The van der Waals surface area contributed by atoms with E-state index in [2.05, 4.69) is 35.1 Å². The van der Waals surface area contributed by atoms with Crippen LogP contribution >= 0.6 is 11.6 Å². The molecular weight excluding hydrogens is 348 g/mol. The fourth-order valence-electron chi connectivity index (χ4n) is 3.17. The normalized spacial score (nSPS) is 11.0. The van der Waals surface area contributed by atoms with Crippen LogP contribution in [0.3, 0.4) is 0 Å². The first-order valence-corrected chi connectivity index (χ1v) is 9.13. The van der Waals surface area contributed by atoms with Crippen LogP contribution < -0.4 is 10.2 Å². The van der Waals surface area contributed by atoms with E-state index in [4.69, 9.17) is 11.6 Å². The molecule has 6 heteroatoms. The molecule has 1 N–H and O–H groups in total. The number of amides is 1. The van der Waals surface area contributed by atoms with Crippen molar-refractivity contribution >= 4 is 34.5 Å². The first-order valence-electron chi connectivity index (χ1n) is 8.75. The number of carbonyl (C=O) groups is 1. The molecule has 5 nitrogen and oxygen atoms in total. The molecule has 0 saturated carbocycles. The third-order valence-electron chi connectivity index (χ3n) is 4.56. The first-order chi connectivity index (χ1) is 12.4. The Bertz CT molecular complexity index is 960. The summed E-state index contributed by atoms with van der Waals surface area (Å²) in [5, 5.41) is 3.56. The van der Waals surface area contributed by atoms with Crippen LogP contribution in [0.5, 0.6) is 0 Å². The highest BCUT2D eigenvalue weighted by atomic mass is 35.5. The van der Waals surface area contributed by atoms with E-state index in [1.807, 2.05) is 26.0 Å². The number of nitrogens with zero attached hydrogens (tertiary/aromatic N) is 3. The zero-order chi connectivity index (χ0) is 18.8. The molecule has 2 heterocycles. The van der Waals surface area contributed by atoms with Gasteiger partial charge in [-0.15, -0.1) is 0 Å². The van der Waals surface area contributed by atoms with Crippen molar-refractivity contribution in [1.29, 1.82) is 0 Å². The summed E-state index contributed by atoms with van der Waals surface area (Å²) in [6.45, 7) is 9.99. The number of aromatic nitrogens is 2. The van der Waals surface area contributed by atoms with Gasteiger partial charge in [-0.3, -0.25) is 9.20 Å². The molecule has 1 aromatic carbocycles. The van der Waals surface area contributed by atoms with E-state index >= 15 is 0 Å². The highest BCUT2D eigenvalue weighted by molar-refractivity contribution is 6.30. The Balaban J connectivity index is 1.91. The van der Waals surface area contributed by atoms with Gasteiger partial charge in [0.2, 0.25) is 0 Å². The zero-order valence-electron chi connectivity index (χ0n) is 15.5. The number of hydrogen-bond acceptors (Lipinski definition) is 3. The Labute approximate surface area is 158 Å². The number of hydrogen-bond donors (Lipinski definition) is 1. The van der Waals surface area contributed by atoms with Gasteiger partial charge in [0.25, 0.3) is 5.91 Å². The number of fused-ring (bicyclic) bond motifs is 1. The van der Waals surface area contributed by atoms with Crippen LogP contribution in [0, 0.1) is 13.8 Å². The Morgan fingerprint density at radius 1 is 1.19 bits per heavy atom. The van der Waals surface area contributed by atoms with Crippen molar-refractivity contribution in [3.05, 3.63) is 58.5 Å². The lowest BCUT2D eigenvalue weighted by atomic mass is 10.1. The van der Waals surface area contributed by atoms with Crippen molar-refractivity contribution in [2.75, 3.05) is 23.3 Å². The molecule has 0 bridgehead atoms. The quantitative estimate of drug-likeness (QED) is 0.708. The van der Waals surface area contributed by atoms with Crippen LogP contribution in [0.2, 0.25) is 5.02 Å². The Morgan fingerprint density at radius 3 is 2.58 bits per heavy atom. The number of halogens is 1. The average molecular weight is 371 g/mol. The van der Waals surface area contributed by atoms with Crippen molar-refractivity contribution in [2.24, 2.45) is 0 Å². The third kappa shape index (κ3) is 3.40. The second-order valence-corrected chi connectivity index (χ2v) is 6.68. The minimum atomic E-state index is -0.198. The number of imidazole rings is 1. The van der Waals surface area contributed by atoms with E-state index in [0.717, 1.165) is 30.0 Å². The van der Waals surface area contributed by atoms with Crippen LogP contribution in [0.15, 0.2) is 36.5 Å². The molecule has 0 aliphatic carbocycles. The molecule has 2 aromatic heterocycles. The maximum Gasteiger partial charge on any atom is 0.274 e. The van der Waals surface area contributed by atoms with Crippen molar-refractivity contribution in [2.45, 2.75) is 27.7 Å². The highest BCUT2D eigenvalue weighted by Crippen LogP contribution is 2.24. The fraction of sp³-hybridized carbons (Fsp3) is 0.300. The van der Waals surface area contributed by atoms with Crippen LogP contribution in [0.25, 0.3) is 5.65 Å². The number of aryl methyl sites for hydroxylation is 2. The summed E-state index contributed by atoms with van der Waals surface area (Å²) in [5.41, 5.74) is 4.83. The van der Waals surface area contributed by atoms with E-state index in [0.29, 0.717) is 22.1 Å². The number of nitrogens with one attached hydrogen (secondary N) is 1. The van der Waals surface area contributed by atoms with Crippen LogP contribution in [0.4, 0.5) is 11.4 Å². The molecule has 3 rings (SSSR count). The van der Waals surface area contributed by atoms with Gasteiger partial charge in [-0.1, -0.05) is 11.6 Å². The molecule has 0 aliphatic rings. The van der Waals surface area contributed by atoms with Gasteiger partial charge in [0.15, 0.2) is 0 Å². The summed E-state index contributed by atoms with van der Waals surface area (Å²) in [7, 11) is 0. The number of carbonyl (C=O) groups excluding carboxylic acids is 1. The standard InChI is InChI=1S/C20H23ClN4O/c1-5-24(6-2)16-8-9-17(13(3)11-16)23-20(26)19-14(4)22-18-10-7-15(21)12-25(18)19/h7-12H,5-6H2,1-4H3,(H,23,26). The van der Waals surface area contributed by atoms with Gasteiger partial charge >= 0.3 is 0 Å². The summed E-state index contributed by atoms with van der Waals surface area (Å²) in [5.74, 6) is -0.198. The van der Waals surface area contributed by atoms with Crippen molar-refractivity contribution in [3.8, 4) is 0 Å². The smallest absolute Gasteiger partial charge is 0.274 e. The molecule has 136 valence electrons. The summed E-state index contributed by atoms with van der Waals surface area (Å²) >= 11 is 6.08. The maximum atomic E-state index is 12.9. The molecule has 3 aromatic rings. The van der Waals surface area contributed by atoms with E-state index in [1.165, 1.54) is 0 Å². The molecule has 0 aliphatic heterocycles. The number of anilines is 2. The third-order valence-corrected chi connectivity index (χ3v) is 4.78. The van der Waals surface area contributed by atoms with Gasteiger partial charge in [0.1, 0.15) is 11.3 Å². The van der Waals surface area contributed by atoms with E-state index in [-0.39, 0.29) is 5.91 Å². The number of rotatable bonds is 5. The highest BCUT2D eigenvalue weighted by Gasteiger charge is 2.18. The molecule has 0 unspecified atom stereocenters.